The summed E-state index contributed by atoms with van der Waals surface area (Å²) in [7, 11) is -3.85. The van der Waals surface area contributed by atoms with E-state index < -0.39 is 10.0 Å². The van der Waals surface area contributed by atoms with Crippen LogP contribution in [0, 0.1) is 0 Å². The molecule has 0 aliphatic carbocycles. The molecule has 18 heavy (non-hydrogen) atoms. The van der Waals surface area contributed by atoms with E-state index in [9.17, 15) is 8.42 Å². The number of aromatic amines is 1. The van der Waals surface area contributed by atoms with Gasteiger partial charge in [-0.05, 0) is 12.1 Å². The van der Waals surface area contributed by atoms with Crippen LogP contribution in [0.1, 0.15) is 0 Å². The van der Waals surface area contributed by atoms with Gasteiger partial charge in [0.25, 0.3) is 10.0 Å². The van der Waals surface area contributed by atoms with Crippen LogP contribution in [0.25, 0.3) is 0 Å². The summed E-state index contributed by atoms with van der Waals surface area (Å²) in [5.74, 6) is -0.0550. The number of sulfonamides is 1. The molecule has 0 unspecified atom stereocenters. The summed E-state index contributed by atoms with van der Waals surface area (Å²) in [6.45, 7) is 0. The van der Waals surface area contributed by atoms with Gasteiger partial charge in [0, 0.05) is 0 Å². The van der Waals surface area contributed by atoms with Crippen LogP contribution >= 0.6 is 23.2 Å². The standard InChI is InChI=1S/C9H8Cl2N4O2S/c10-5-2-1-3-6(8(5)11)15-18(16,17)7-4-13-14-9(7)12/h1-4,15H,(H3,12,13,14). The van der Waals surface area contributed by atoms with E-state index >= 15 is 0 Å². The number of nitrogen functional groups attached to an aromatic ring is 1. The molecule has 2 aromatic rings. The smallest absolute Gasteiger partial charge is 0.267 e. The van der Waals surface area contributed by atoms with Crippen molar-refractivity contribution >= 4 is 44.7 Å². The molecule has 1 heterocycles. The third kappa shape index (κ3) is 2.38. The number of nitrogens with zero attached hydrogens (tertiary/aromatic N) is 1. The van der Waals surface area contributed by atoms with Gasteiger partial charge in [0.05, 0.1) is 21.9 Å². The van der Waals surface area contributed by atoms with Crippen molar-refractivity contribution in [1.29, 1.82) is 0 Å². The number of benzene rings is 1. The second-order valence-electron chi connectivity index (χ2n) is 3.35. The summed E-state index contributed by atoms with van der Waals surface area (Å²) in [5, 5.41) is 6.24. The molecule has 0 saturated heterocycles. The maximum atomic E-state index is 12.0. The monoisotopic (exact) mass is 306 g/mol. The number of anilines is 2. The lowest BCUT2D eigenvalue weighted by molar-refractivity contribution is 0.601. The minimum absolute atomic E-state index is 0.0550. The Hall–Kier alpha value is -1.44. The third-order valence-electron chi connectivity index (χ3n) is 2.12. The molecule has 96 valence electrons. The molecular formula is C9H8Cl2N4O2S. The molecule has 1 aromatic heterocycles. The predicted molar refractivity (Wildman–Crippen MR) is 70.3 cm³/mol. The number of rotatable bonds is 3. The molecule has 0 atom stereocenters. The Bertz CT molecular complexity index is 684. The van der Waals surface area contributed by atoms with Crippen molar-refractivity contribution in [3.8, 4) is 0 Å². The first-order valence-electron chi connectivity index (χ1n) is 4.67. The average Bonchev–Trinajstić information content (AvgIpc) is 2.72. The van der Waals surface area contributed by atoms with E-state index in [1.54, 1.807) is 12.1 Å². The zero-order chi connectivity index (χ0) is 13.3. The van der Waals surface area contributed by atoms with Crippen LogP contribution in [0.3, 0.4) is 0 Å². The maximum absolute atomic E-state index is 12.0. The molecule has 0 saturated carbocycles. The Morgan fingerprint density at radius 3 is 2.67 bits per heavy atom. The first-order valence-corrected chi connectivity index (χ1v) is 6.91. The fourth-order valence-electron chi connectivity index (χ4n) is 1.28. The summed E-state index contributed by atoms with van der Waals surface area (Å²) >= 11 is 11.7. The number of hydrogen-bond donors (Lipinski definition) is 3. The Labute approximate surface area is 113 Å². The fourth-order valence-corrected chi connectivity index (χ4v) is 2.78. The number of aromatic nitrogens is 2. The van der Waals surface area contributed by atoms with Crippen LogP contribution in [0.4, 0.5) is 11.5 Å². The molecule has 0 spiro atoms. The highest BCUT2D eigenvalue weighted by Crippen LogP contribution is 2.31. The van der Waals surface area contributed by atoms with Gasteiger partial charge in [-0.1, -0.05) is 29.3 Å². The number of halogens is 2. The Kier molecular flexibility index (Phi) is 3.38. The summed E-state index contributed by atoms with van der Waals surface area (Å²) in [4.78, 5) is -0.154. The number of hydrogen-bond acceptors (Lipinski definition) is 4. The van der Waals surface area contributed by atoms with Gasteiger partial charge in [-0.15, -0.1) is 0 Å². The van der Waals surface area contributed by atoms with E-state index in [1.165, 1.54) is 6.07 Å². The lowest BCUT2D eigenvalue weighted by Crippen LogP contribution is -2.14. The van der Waals surface area contributed by atoms with Crippen LogP contribution < -0.4 is 10.5 Å². The molecule has 2 rings (SSSR count). The molecule has 0 amide bonds. The van der Waals surface area contributed by atoms with Gasteiger partial charge < -0.3 is 5.73 Å². The Balaban J connectivity index is 2.40. The molecule has 0 radical (unpaired) electrons. The lowest BCUT2D eigenvalue weighted by Gasteiger charge is -2.09. The predicted octanol–water partition coefficient (Wildman–Crippen LogP) is 2.10. The number of nitrogens with one attached hydrogen (secondary N) is 2. The van der Waals surface area contributed by atoms with Crippen molar-refractivity contribution in [2.24, 2.45) is 0 Å². The minimum atomic E-state index is -3.85. The summed E-state index contributed by atoms with van der Waals surface area (Å²) in [6, 6.07) is 4.61. The zero-order valence-corrected chi connectivity index (χ0v) is 11.1. The third-order valence-corrected chi connectivity index (χ3v) is 4.33. The van der Waals surface area contributed by atoms with Crippen LogP contribution in [-0.4, -0.2) is 18.6 Å². The molecule has 4 N–H and O–H groups in total. The average molecular weight is 307 g/mol. The molecule has 6 nitrogen and oxygen atoms in total. The quantitative estimate of drug-likeness (QED) is 0.808. The molecule has 1 aromatic carbocycles. The van der Waals surface area contributed by atoms with Crippen LogP contribution in [0.15, 0.2) is 29.3 Å². The van der Waals surface area contributed by atoms with Gasteiger partial charge in [-0.25, -0.2) is 8.42 Å². The van der Waals surface area contributed by atoms with Gasteiger partial charge in [0.1, 0.15) is 10.7 Å². The van der Waals surface area contributed by atoms with Gasteiger partial charge in [-0.3, -0.25) is 9.82 Å². The topological polar surface area (TPSA) is 101 Å². The molecule has 9 heteroatoms. The highest BCUT2D eigenvalue weighted by atomic mass is 35.5. The van der Waals surface area contributed by atoms with Crippen LogP contribution in [-0.2, 0) is 10.0 Å². The van der Waals surface area contributed by atoms with Crippen LogP contribution in [0.5, 0.6) is 0 Å². The highest BCUT2D eigenvalue weighted by molar-refractivity contribution is 7.92. The van der Waals surface area contributed by atoms with E-state index in [4.69, 9.17) is 28.9 Å². The number of nitrogens with two attached hydrogens (primary N) is 1. The first-order chi connectivity index (χ1) is 8.42. The summed E-state index contributed by atoms with van der Waals surface area (Å²) < 4.78 is 26.3. The van der Waals surface area contributed by atoms with E-state index in [0.717, 1.165) is 6.20 Å². The molecular weight excluding hydrogens is 299 g/mol. The highest BCUT2D eigenvalue weighted by Gasteiger charge is 2.20. The second-order valence-corrected chi connectivity index (χ2v) is 5.79. The van der Waals surface area contributed by atoms with Crippen molar-refractivity contribution in [2.75, 3.05) is 10.5 Å². The largest absolute Gasteiger partial charge is 0.383 e. The minimum Gasteiger partial charge on any atom is -0.383 e. The van der Waals surface area contributed by atoms with E-state index in [1.807, 2.05) is 0 Å². The second kappa shape index (κ2) is 4.68. The normalized spacial score (nSPS) is 11.4. The number of H-pyrrole nitrogens is 1. The van der Waals surface area contributed by atoms with E-state index in [2.05, 4.69) is 14.9 Å². The van der Waals surface area contributed by atoms with Gasteiger partial charge in [0.15, 0.2) is 0 Å². The molecule has 0 bridgehead atoms. The van der Waals surface area contributed by atoms with Gasteiger partial charge >= 0.3 is 0 Å². The Morgan fingerprint density at radius 1 is 1.33 bits per heavy atom. The van der Waals surface area contributed by atoms with Crippen molar-refractivity contribution in [1.82, 2.24) is 10.2 Å². The SMILES string of the molecule is Nc1[nH]ncc1S(=O)(=O)Nc1cccc(Cl)c1Cl. The first kappa shape index (κ1) is 13.0. The Morgan fingerprint density at radius 2 is 2.06 bits per heavy atom. The summed E-state index contributed by atoms with van der Waals surface area (Å²) in [5.41, 5.74) is 5.62. The van der Waals surface area contributed by atoms with Crippen molar-refractivity contribution < 1.29 is 8.42 Å². The molecule has 0 fully saturated rings. The maximum Gasteiger partial charge on any atom is 0.267 e. The van der Waals surface area contributed by atoms with Crippen LogP contribution in [0.2, 0.25) is 10.0 Å². The zero-order valence-electron chi connectivity index (χ0n) is 8.81. The van der Waals surface area contributed by atoms with Crippen molar-refractivity contribution in [3.05, 3.63) is 34.4 Å². The molecule has 0 aliphatic heterocycles. The van der Waals surface area contributed by atoms with E-state index in [0.29, 0.717) is 0 Å². The van der Waals surface area contributed by atoms with Gasteiger partial charge in [-0.2, -0.15) is 5.10 Å². The lowest BCUT2D eigenvalue weighted by atomic mass is 10.3. The molecule has 0 aliphatic rings. The van der Waals surface area contributed by atoms with Crippen molar-refractivity contribution in [3.63, 3.8) is 0 Å². The summed E-state index contributed by atoms with van der Waals surface area (Å²) in [6.07, 6.45) is 1.11. The van der Waals surface area contributed by atoms with E-state index in [-0.39, 0.29) is 26.4 Å². The fraction of sp³-hybridized carbons (Fsp3) is 0. The van der Waals surface area contributed by atoms with Gasteiger partial charge in [0.2, 0.25) is 0 Å². The van der Waals surface area contributed by atoms with Crippen molar-refractivity contribution in [2.45, 2.75) is 4.90 Å².